The van der Waals surface area contributed by atoms with Crippen LogP contribution < -0.4 is 5.32 Å². The van der Waals surface area contributed by atoms with Gasteiger partial charge >= 0.3 is 0 Å². The Hall–Kier alpha value is -0.880. The van der Waals surface area contributed by atoms with E-state index in [-0.39, 0.29) is 5.25 Å². The molecule has 2 atom stereocenters. The van der Waals surface area contributed by atoms with E-state index in [1.807, 2.05) is 17.8 Å². The molecule has 1 aromatic heterocycles. The van der Waals surface area contributed by atoms with Crippen molar-refractivity contribution in [3.05, 3.63) is 18.2 Å². The van der Waals surface area contributed by atoms with Gasteiger partial charge in [-0.2, -0.15) is 0 Å². The highest BCUT2D eigenvalue weighted by Gasteiger charge is 2.28. The van der Waals surface area contributed by atoms with Gasteiger partial charge in [0.1, 0.15) is 15.7 Å². The van der Waals surface area contributed by atoms with Crippen molar-refractivity contribution in [2.45, 2.75) is 43.4 Å². The van der Waals surface area contributed by atoms with Crippen molar-refractivity contribution in [1.29, 1.82) is 0 Å². The van der Waals surface area contributed by atoms with Crippen LogP contribution >= 0.6 is 0 Å². The lowest BCUT2D eigenvalue weighted by Crippen LogP contribution is -2.39. The van der Waals surface area contributed by atoms with E-state index in [1.165, 1.54) is 6.26 Å². The Morgan fingerprint density at radius 2 is 2.26 bits per heavy atom. The summed E-state index contributed by atoms with van der Waals surface area (Å²) in [5, 5.41) is 3.31. The van der Waals surface area contributed by atoms with Gasteiger partial charge in [0.15, 0.2) is 0 Å². The lowest BCUT2D eigenvalue weighted by Gasteiger charge is -2.28. The molecule has 5 nitrogen and oxygen atoms in total. The van der Waals surface area contributed by atoms with Crippen molar-refractivity contribution in [2.24, 2.45) is 7.05 Å². The van der Waals surface area contributed by atoms with Crippen LogP contribution in [-0.4, -0.2) is 42.1 Å². The highest BCUT2D eigenvalue weighted by atomic mass is 32.2. The normalized spacial score (nSPS) is 24.5. The fourth-order valence-electron chi connectivity index (χ4n) is 2.74. The molecule has 2 rings (SSSR count). The summed E-state index contributed by atoms with van der Waals surface area (Å²) in [6, 6.07) is 0.328. The van der Waals surface area contributed by atoms with E-state index in [0.29, 0.717) is 6.04 Å². The fraction of sp³-hybridized carbons (Fsp3) is 0.769. The summed E-state index contributed by atoms with van der Waals surface area (Å²) in [5.74, 6) is 1.06. The average molecular weight is 285 g/mol. The van der Waals surface area contributed by atoms with Crippen molar-refractivity contribution in [3.8, 4) is 0 Å². The first-order valence-corrected chi connectivity index (χ1v) is 8.80. The van der Waals surface area contributed by atoms with Crippen LogP contribution in [0.25, 0.3) is 0 Å². The van der Waals surface area contributed by atoms with E-state index in [9.17, 15) is 8.42 Å². The Bertz CT molecular complexity index is 510. The summed E-state index contributed by atoms with van der Waals surface area (Å²) >= 11 is 0. The maximum absolute atomic E-state index is 11.6. The Morgan fingerprint density at radius 1 is 1.47 bits per heavy atom. The molecule has 108 valence electrons. The second kappa shape index (κ2) is 6.05. The number of aryl methyl sites for hydroxylation is 1. The second-order valence-corrected chi connectivity index (χ2v) is 7.80. The molecule has 1 fully saturated rings. The van der Waals surface area contributed by atoms with E-state index in [0.717, 1.165) is 44.5 Å². The van der Waals surface area contributed by atoms with Gasteiger partial charge in [-0.15, -0.1) is 0 Å². The summed E-state index contributed by atoms with van der Waals surface area (Å²) in [6.45, 7) is 0.853. The third kappa shape index (κ3) is 4.04. The molecule has 19 heavy (non-hydrogen) atoms. The molecule has 0 aliphatic heterocycles. The molecule has 1 N–H and O–H groups in total. The van der Waals surface area contributed by atoms with E-state index < -0.39 is 9.84 Å². The second-order valence-electron chi connectivity index (χ2n) is 5.47. The molecule has 0 amide bonds. The molecular formula is C13H23N3O2S. The number of nitrogens with one attached hydrogen (secondary N) is 1. The van der Waals surface area contributed by atoms with Crippen molar-refractivity contribution in [3.63, 3.8) is 0 Å². The van der Waals surface area contributed by atoms with Gasteiger partial charge in [0, 0.05) is 44.7 Å². The highest BCUT2D eigenvalue weighted by Crippen LogP contribution is 2.23. The minimum Gasteiger partial charge on any atom is -0.338 e. The van der Waals surface area contributed by atoms with Crippen LogP contribution in [0.3, 0.4) is 0 Å². The van der Waals surface area contributed by atoms with Gasteiger partial charge in [-0.3, -0.25) is 0 Å². The maximum atomic E-state index is 11.6. The van der Waals surface area contributed by atoms with Crippen LogP contribution in [0, 0.1) is 0 Å². The van der Waals surface area contributed by atoms with Gasteiger partial charge in [0.05, 0.1) is 5.25 Å². The Balaban J connectivity index is 1.79. The minimum absolute atomic E-state index is 0.160. The Labute approximate surface area is 115 Å². The number of rotatable bonds is 5. The van der Waals surface area contributed by atoms with Crippen LogP contribution in [0.1, 0.15) is 31.5 Å². The zero-order valence-corrected chi connectivity index (χ0v) is 12.5. The topological polar surface area (TPSA) is 64.0 Å². The van der Waals surface area contributed by atoms with Crippen molar-refractivity contribution < 1.29 is 8.42 Å². The molecule has 1 aliphatic rings. The maximum Gasteiger partial charge on any atom is 0.150 e. The SMILES string of the molecule is Cn1ccnc1CCNC1CCCC(S(C)(=O)=O)C1. The lowest BCUT2D eigenvalue weighted by molar-refractivity contribution is 0.373. The minimum atomic E-state index is -2.89. The first-order chi connectivity index (χ1) is 8.97. The van der Waals surface area contributed by atoms with E-state index in [1.54, 1.807) is 6.20 Å². The van der Waals surface area contributed by atoms with Gasteiger partial charge in [-0.25, -0.2) is 13.4 Å². The number of nitrogens with zero attached hydrogens (tertiary/aromatic N) is 2. The zero-order chi connectivity index (χ0) is 13.9. The smallest absolute Gasteiger partial charge is 0.150 e. The molecular weight excluding hydrogens is 262 g/mol. The van der Waals surface area contributed by atoms with Crippen molar-refractivity contribution in [2.75, 3.05) is 12.8 Å². The van der Waals surface area contributed by atoms with Crippen LogP contribution in [0.15, 0.2) is 12.4 Å². The van der Waals surface area contributed by atoms with Gasteiger partial charge in [-0.05, 0) is 19.3 Å². The number of imidazole rings is 1. The first-order valence-electron chi connectivity index (χ1n) is 6.85. The van der Waals surface area contributed by atoms with Gasteiger partial charge in [0.2, 0.25) is 0 Å². The van der Waals surface area contributed by atoms with Crippen LogP contribution in [0.2, 0.25) is 0 Å². The molecule has 1 saturated carbocycles. The summed E-state index contributed by atoms with van der Waals surface area (Å²) in [5.41, 5.74) is 0. The molecule has 0 bridgehead atoms. The van der Waals surface area contributed by atoms with Crippen LogP contribution in [-0.2, 0) is 23.3 Å². The van der Waals surface area contributed by atoms with Gasteiger partial charge < -0.3 is 9.88 Å². The predicted octanol–water partition coefficient (Wildman–Crippen LogP) is 0.908. The fourth-order valence-corrected chi connectivity index (χ4v) is 3.92. The summed E-state index contributed by atoms with van der Waals surface area (Å²) in [6.07, 6.45) is 9.61. The third-order valence-electron chi connectivity index (χ3n) is 3.93. The summed E-state index contributed by atoms with van der Waals surface area (Å²) in [7, 11) is -0.901. The Morgan fingerprint density at radius 3 is 2.89 bits per heavy atom. The summed E-state index contributed by atoms with van der Waals surface area (Å²) < 4.78 is 25.2. The van der Waals surface area contributed by atoms with Crippen molar-refractivity contribution in [1.82, 2.24) is 14.9 Å². The molecule has 2 unspecified atom stereocenters. The van der Waals surface area contributed by atoms with E-state index >= 15 is 0 Å². The number of aromatic nitrogens is 2. The molecule has 1 aromatic rings. The average Bonchev–Trinajstić information content (AvgIpc) is 2.75. The first kappa shape index (κ1) is 14.5. The number of sulfone groups is 1. The molecule has 6 heteroatoms. The van der Waals surface area contributed by atoms with E-state index in [2.05, 4.69) is 10.3 Å². The van der Waals surface area contributed by atoms with Gasteiger partial charge in [0.25, 0.3) is 0 Å². The van der Waals surface area contributed by atoms with Crippen LogP contribution in [0.5, 0.6) is 0 Å². The highest BCUT2D eigenvalue weighted by molar-refractivity contribution is 7.91. The van der Waals surface area contributed by atoms with Crippen molar-refractivity contribution >= 4 is 9.84 Å². The third-order valence-corrected chi connectivity index (χ3v) is 5.57. The standard InChI is InChI=1S/C13H23N3O2S/c1-16-9-8-15-13(16)6-7-14-11-4-3-5-12(10-11)19(2,17)18/h8-9,11-12,14H,3-7,10H2,1-2H3. The lowest BCUT2D eigenvalue weighted by atomic mass is 9.95. The van der Waals surface area contributed by atoms with E-state index in [4.69, 9.17) is 0 Å². The quantitative estimate of drug-likeness (QED) is 0.873. The largest absolute Gasteiger partial charge is 0.338 e. The predicted molar refractivity (Wildman–Crippen MR) is 75.8 cm³/mol. The molecule has 1 aliphatic carbocycles. The monoisotopic (exact) mass is 285 g/mol. The molecule has 0 saturated heterocycles. The van der Waals surface area contributed by atoms with Crippen LogP contribution in [0.4, 0.5) is 0 Å². The number of hydrogen-bond donors (Lipinski definition) is 1. The molecule has 0 radical (unpaired) electrons. The molecule has 1 heterocycles. The molecule has 0 spiro atoms. The summed E-state index contributed by atoms with van der Waals surface area (Å²) in [4.78, 5) is 4.28. The van der Waals surface area contributed by atoms with Gasteiger partial charge in [-0.1, -0.05) is 6.42 Å². The molecule has 0 aromatic carbocycles. The Kier molecular flexibility index (Phi) is 4.62. The zero-order valence-electron chi connectivity index (χ0n) is 11.7. The number of hydrogen-bond acceptors (Lipinski definition) is 4.